The molecule has 7 nitrogen and oxygen atoms in total. The summed E-state index contributed by atoms with van der Waals surface area (Å²) >= 11 is 0. The van der Waals surface area contributed by atoms with E-state index in [4.69, 9.17) is 14.2 Å². The zero-order valence-corrected chi connectivity index (χ0v) is 14.0. The molecule has 1 saturated heterocycles. The number of rotatable bonds is 6. The van der Waals surface area contributed by atoms with Crippen molar-refractivity contribution in [1.82, 2.24) is 4.90 Å². The minimum absolute atomic E-state index is 0.177. The molecular weight excluding hydrogens is 314 g/mol. The zero-order chi connectivity index (χ0) is 17.7. The van der Waals surface area contributed by atoms with Crippen molar-refractivity contribution in [2.75, 3.05) is 20.8 Å². The van der Waals surface area contributed by atoms with Crippen LogP contribution in [-0.4, -0.2) is 49.6 Å². The molecule has 0 aliphatic carbocycles. The van der Waals surface area contributed by atoms with Gasteiger partial charge in [-0.15, -0.1) is 0 Å². The van der Waals surface area contributed by atoms with E-state index in [0.29, 0.717) is 17.7 Å². The maximum Gasteiger partial charge on any atom is 0.333 e. The summed E-state index contributed by atoms with van der Waals surface area (Å²) in [6, 6.07) is 4.96. The molecule has 7 heteroatoms. The Hall–Kier alpha value is -2.57. The Morgan fingerprint density at radius 2 is 1.92 bits per heavy atom. The van der Waals surface area contributed by atoms with Gasteiger partial charge in [-0.25, -0.2) is 9.59 Å². The fraction of sp³-hybridized carbons (Fsp3) is 0.471. The SMILES string of the molecule is CCOC(=O)C(c1ccc(OC)cc1)N1C(=O)CCC1C(=O)OC. The average Bonchev–Trinajstić information content (AvgIpc) is 2.97. The van der Waals surface area contributed by atoms with E-state index in [1.54, 1.807) is 31.2 Å². The summed E-state index contributed by atoms with van der Waals surface area (Å²) in [5.41, 5.74) is 0.554. The third kappa shape index (κ3) is 3.50. The number of carbonyl (C=O) groups excluding carboxylic acids is 3. The second-order valence-electron chi connectivity index (χ2n) is 5.31. The number of amides is 1. The van der Waals surface area contributed by atoms with Gasteiger partial charge < -0.3 is 19.1 Å². The van der Waals surface area contributed by atoms with Crippen LogP contribution in [0.2, 0.25) is 0 Å². The van der Waals surface area contributed by atoms with Crippen molar-refractivity contribution < 1.29 is 28.6 Å². The molecule has 2 unspecified atom stereocenters. The van der Waals surface area contributed by atoms with Crippen LogP contribution >= 0.6 is 0 Å². The van der Waals surface area contributed by atoms with E-state index in [2.05, 4.69) is 0 Å². The molecular formula is C17H21NO6. The van der Waals surface area contributed by atoms with Crippen LogP contribution in [0.5, 0.6) is 5.75 Å². The van der Waals surface area contributed by atoms with Crippen LogP contribution in [0.1, 0.15) is 31.4 Å². The third-order valence-electron chi connectivity index (χ3n) is 3.95. The van der Waals surface area contributed by atoms with E-state index in [0.717, 1.165) is 0 Å². The Bertz CT molecular complexity index is 612. The van der Waals surface area contributed by atoms with Gasteiger partial charge in [0.05, 0.1) is 20.8 Å². The number of ether oxygens (including phenoxy) is 3. The maximum absolute atomic E-state index is 12.5. The summed E-state index contributed by atoms with van der Waals surface area (Å²) in [6.45, 7) is 1.86. The maximum atomic E-state index is 12.5. The predicted octanol–water partition coefficient (Wildman–Crippen LogP) is 1.46. The monoisotopic (exact) mass is 335 g/mol. The standard InChI is InChI=1S/C17H21NO6/c1-4-24-17(21)15(11-5-7-12(22-2)8-6-11)18-13(16(20)23-3)9-10-14(18)19/h5-8,13,15H,4,9-10H2,1-3H3. The number of hydrogen-bond donors (Lipinski definition) is 0. The Morgan fingerprint density at radius 3 is 2.46 bits per heavy atom. The lowest BCUT2D eigenvalue weighted by Crippen LogP contribution is -2.45. The second kappa shape index (κ2) is 7.81. The van der Waals surface area contributed by atoms with Crippen molar-refractivity contribution in [1.29, 1.82) is 0 Å². The van der Waals surface area contributed by atoms with Gasteiger partial charge in [0.25, 0.3) is 0 Å². The van der Waals surface area contributed by atoms with Gasteiger partial charge in [-0.05, 0) is 31.0 Å². The zero-order valence-electron chi connectivity index (χ0n) is 14.0. The first-order valence-electron chi connectivity index (χ1n) is 7.73. The van der Waals surface area contributed by atoms with E-state index in [1.807, 2.05) is 0 Å². The molecule has 0 saturated carbocycles. The smallest absolute Gasteiger partial charge is 0.333 e. The van der Waals surface area contributed by atoms with Crippen LogP contribution in [0.4, 0.5) is 0 Å². The molecule has 2 atom stereocenters. The van der Waals surface area contributed by atoms with Gasteiger partial charge in [0.1, 0.15) is 11.8 Å². The molecule has 24 heavy (non-hydrogen) atoms. The molecule has 1 aliphatic heterocycles. The largest absolute Gasteiger partial charge is 0.497 e. The number of benzene rings is 1. The van der Waals surface area contributed by atoms with Gasteiger partial charge in [0, 0.05) is 6.42 Å². The normalized spacial score (nSPS) is 18.2. The van der Waals surface area contributed by atoms with Gasteiger partial charge in [-0.3, -0.25) is 4.79 Å². The van der Waals surface area contributed by atoms with Crippen molar-refractivity contribution in [3.63, 3.8) is 0 Å². The Balaban J connectivity index is 2.42. The molecule has 2 rings (SSSR count). The van der Waals surface area contributed by atoms with Crippen LogP contribution in [0.3, 0.4) is 0 Å². The van der Waals surface area contributed by atoms with E-state index in [-0.39, 0.29) is 18.9 Å². The highest BCUT2D eigenvalue weighted by Gasteiger charge is 2.44. The minimum Gasteiger partial charge on any atom is -0.497 e. The van der Waals surface area contributed by atoms with Gasteiger partial charge in [-0.2, -0.15) is 0 Å². The molecule has 1 aromatic carbocycles. The van der Waals surface area contributed by atoms with Gasteiger partial charge in [-0.1, -0.05) is 12.1 Å². The topological polar surface area (TPSA) is 82.1 Å². The molecule has 1 aliphatic rings. The second-order valence-corrected chi connectivity index (χ2v) is 5.31. The highest BCUT2D eigenvalue weighted by Crippen LogP contribution is 2.33. The Kier molecular flexibility index (Phi) is 5.78. The molecule has 0 aromatic heterocycles. The number of nitrogens with zero attached hydrogens (tertiary/aromatic N) is 1. The lowest BCUT2D eigenvalue weighted by Gasteiger charge is -2.30. The van der Waals surface area contributed by atoms with Crippen molar-refractivity contribution in [3.05, 3.63) is 29.8 Å². The summed E-state index contributed by atoms with van der Waals surface area (Å²) in [6.07, 6.45) is 0.503. The Labute approximate surface area is 140 Å². The molecule has 1 amide bonds. The van der Waals surface area contributed by atoms with E-state index < -0.39 is 24.0 Å². The first-order chi connectivity index (χ1) is 11.5. The number of methoxy groups -OCH3 is 2. The van der Waals surface area contributed by atoms with Crippen LogP contribution in [0.15, 0.2) is 24.3 Å². The van der Waals surface area contributed by atoms with Crippen molar-refractivity contribution in [3.8, 4) is 5.75 Å². The molecule has 0 bridgehead atoms. The fourth-order valence-electron chi connectivity index (χ4n) is 2.81. The van der Waals surface area contributed by atoms with Gasteiger partial charge in [0.2, 0.25) is 5.91 Å². The first kappa shape index (κ1) is 17.8. The molecule has 1 aromatic rings. The number of esters is 2. The van der Waals surface area contributed by atoms with Crippen molar-refractivity contribution in [2.24, 2.45) is 0 Å². The summed E-state index contributed by atoms with van der Waals surface area (Å²) in [5.74, 6) is -0.770. The minimum atomic E-state index is -0.991. The lowest BCUT2D eigenvalue weighted by molar-refractivity contribution is -0.160. The summed E-state index contributed by atoms with van der Waals surface area (Å²) in [5, 5.41) is 0. The van der Waals surface area contributed by atoms with Crippen LogP contribution in [-0.2, 0) is 23.9 Å². The highest BCUT2D eigenvalue weighted by molar-refractivity contribution is 5.92. The molecule has 130 valence electrons. The quantitative estimate of drug-likeness (QED) is 0.732. The predicted molar refractivity (Wildman–Crippen MR) is 84.3 cm³/mol. The summed E-state index contributed by atoms with van der Waals surface area (Å²) in [7, 11) is 2.80. The van der Waals surface area contributed by atoms with Crippen LogP contribution in [0.25, 0.3) is 0 Å². The third-order valence-corrected chi connectivity index (χ3v) is 3.95. The molecule has 1 heterocycles. The van der Waals surface area contributed by atoms with Crippen molar-refractivity contribution >= 4 is 17.8 Å². The number of hydrogen-bond acceptors (Lipinski definition) is 6. The summed E-state index contributed by atoms with van der Waals surface area (Å²) < 4.78 is 15.0. The van der Waals surface area contributed by atoms with Gasteiger partial charge in [0.15, 0.2) is 6.04 Å². The number of likely N-dealkylation sites (tertiary alicyclic amines) is 1. The Morgan fingerprint density at radius 1 is 1.25 bits per heavy atom. The average molecular weight is 335 g/mol. The fourth-order valence-corrected chi connectivity index (χ4v) is 2.81. The first-order valence-corrected chi connectivity index (χ1v) is 7.73. The molecule has 0 spiro atoms. The number of carbonyl (C=O) groups is 3. The van der Waals surface area contributed by atoms with Gasteiger partial charge >= 0.3 is 11.9 Å². The lowest BCUT2D eigenvalue weighted by atomic mass is 10.0. The van der Waals surface area contributed by atoms with Crippen LogP contribution < -0.4 is 4.74 Å². The molecule has 1 fully saturated rings. The van der Waals surface area contributed by atoms with Crippen molar-refractivity contribution in [2.45, 2.75) is 31.8 Å². The van der Waals surface area contributed by atoms with E-state index in [1.165, 1.54) is 19.1 Å². The van der Waals surface area contributed by atoms with Crippen LogP contribution in [0, 0.1) is 0 Å². The van der Waals surface area contributed by atoms with E-state index in [9.17, 15) is 14.4 Å². The highest BCUT2D eigenvalue weighted by atomic mass is 16.5. The van der Waals surface area contributed by atoms with E-state index >= 15 is 0 Å². The summed E-state index contributed by atoms with van der Waals surface area (Å²) in [4.78, 5) is 38.1. The molecule has 0 N–H and O–H groups in total. The molecule has 0 radical (unpaired) electrons.